The summed E-state index contributed by atoms with van der Waals surface area (Å²) in [6, 6.07) is 9.93. The van der Waals surface area contributed by atoms with Crippen molar-refractivity contribution in [1.29, 1.82) is 0 Å². The van der Waals surface area contributed by atoms with Gasteiger partial charge in [0.15, 0.2) is 11.5 Å². The lowest BCUT2D eigenvalue weighted by Gasteiger charge is -2.24. The Morgan fingerprint density at radius 3 is 2.52 bits per heavy atom. The number of carbonyl (C=O) groups excluding carboxylic acids is 1. The second kappa shape index (κ2) is 9.17. The average molecular weight is 416 g/mol. The Morgan fingerprint density at radius 1 is 1.14 bits per heavy atom. The molecule has 7 nitrogen and oxygen atoms in total. The largest absolute Gasteiger partial charge is 0.490 e. The minimum atomic E-state index is -0.466. The number of nitrogens with zero attached hydrogens (tertiary/aromatic N) is 1. The summed E-state index contributed by atoms with van der Waals surface area (Å²) >= 11 is 1.28. The molecule has 0 bridgehead atoms. The molecule has 2 aromatic carbocycles. The van der Waals surface area contributed by atoms with Crippen LogP contribution in [0.2, 0.25) is 0 Å². The normalized spacial score (nSPS) is 14.2. The van der Waals surface area contributed by atoms with E-state index in [1.165, 1.54) is 17.8 Å². The molecule has 1 N–H and O–H groups in total. The summed E-state index contributed by atoms with van der Waals surface area (Å²) in [5.74, 6) is 1.11. The van der Waals surface area contributed by atoms with Gasteiger partial charge in [-0.15, -0.1) is 11.8 Å². The van der Waals surface area contributed by atoms with Gasteiger partial charge < -0.3 is 14.8 Å². The molecule has 0 saturated heterocycles. The van der Waals surface area contributed by atoms with Gasteiger partial charge in [0.1, 0.15) is 0 Å². The Kier molecular flexibility index (Phi) is 6.64. The van der Waals surface area contributed by atoms with E-state index in [2.05, 4.69) is 5.32 Å². The van der Waals surface area contributed by atoms with Crippen LogP contribution in [0.15, 0.2) is 41.3 Å². The lowest BCUT2D eigenvalue weighted by molar-refractivity contribution is -0.387. The van der Waals surface area contributed by atoms with Crippen LogP contribution in [0.25, 0.3) is 0 Å². The third kappa shape index (κ3) is 4.82. The Bertz CT molecular complexity index is 916. The number of rotatable bonds is 6. The number of amides is 1. The fraction of sp³-hybridized carbons (Fsp3) is 0.381. The first-order valence-corrected chi connectivity index (χ1v) is 10.7. The van der Waals surface area contributed by atoms with E-state index in [1.807, 2.05) is 32.0 Å². The minimum absolute atomic E-state index is 0.0678. The number of nitro benzene ring substituents is 1. The number of fused-ring (bicyclic) bond motifs is 1. The van der Waals surface area contributed by atoms with Gasteiger partial charge in [0.25, 0.3) is 11.6 Å². The van der Waals surface area contributed by atoms with Gasteiger partial charge in [-0.05, 0) is 42.0 Å². The number of ether oxygens (including phenoxy) is 2. The number of hydrogen-bond donors (Lipinski definition) is 1. The second-order valence-corrected chi connectivity index (χ2v) is 7.94. The third-order valence-electron chi connectivity index (χ3n) is 4.72. The van der Waals surface area contributed by atoms with Gasteiger partial charge in [-0.2, -0.15) is 0 Å². The zero-order valence-corrected chi connectivity index (χ0v) is 17.5. The molecule has 1 atom stereocenters. The molecule has 1 aliphatic rings. The van der Waals surface area contributed by atoms with E-state index in [0.717, 1.165) is 12.0 Å². The van der Waals surface area contributed by atoms with Crippen LogP contribution in [0, 0.1) is 16.0 Å². The van der Waals surface area contributed by atoms with Crippen LogP contribution in [0.5, 0.6) is 11.5 Å². The molecule has 0 aliphatic carbocycles. The van der Waals surface area contributed by atoms with Crippen molar-refractivity contribution < 1.29 is 19.2 Å². The van der Waals surface area contributed by atoms with Gasteiger partial charge in [-0.3, -0.25) is 14.9 Å². The number of thioether (sulfide) groups is 1. The van der Waals surface area contributed by atoms with Crippen LogP contribution in [0.4, 0.5) is 5.69 Å². The first-order chi connectivity index (χ1) is 13.9. The van der Waals surface area contributed by atoms with E-state index in [9.17, 15) is 14.9 Å². The lowest BCUT2D eigenvalue weighted by atomic mass is 9.95. The summed E-state index contributed by atoms with van der Waals surface area (Å²) in [5.41, 5.74) is 1.09. The predicted octanol–water partition coefficient (Wildman–Crippen LogP) is 4.61. The van der Waals surface area contributed by atoms with Crippen LogP contribution >= 0.6 is 11.8 Å². The molecule has 0 radical (unpaired) electrons. The summed E-state index contributed by atoms with van der Waals surface area (Å²) in [4.78, 5) is 24.2. The summed E-state index contributed by atoms with van der Waals surface area (Å²) < 4.78 is 11.4. The van der Waals surface area contributed by atoms with E-state index < -0.39 is 4.92 Å². The van der Waals surface area contributed by atoms with Crippen molar-refractivity contribution in [3.63, 3.8) is 0 Å². The van der Waals surface area contributed by atoms with Crippen molar-refractivity contribution in [2.75, 3.05) is 19.5 Å². The van der Waals surface area contributed by atoms with Gasteiger partial charge in [-0.25, -0.2) is 0 Å². The van der Waals surface area contributed by atoms with Crippen molar-refractivity contribution in [1.82, 2.24) is 5.32 Å². The highest BCUT2D eigenvalue weighted by Crippen LogP contribution is 2.34. The molecule has 1 aliphatic heterocycles. The molecule has 0 saturated carbocycles. The number of hydrogen-bond acceptors (Lipinski definition) is 6. The van der Waals surface area contributed by atoms with Crippen molar-refractivity contribution >= 4 is 23.4 Å². The molecule has 29 heavy (non-hydrogen) atoms. The SMILES string of the molecule is CSc1ccc(C(=O)N[C@@H](c2ccc3c(c2)OCCCO3)C(C)C)cc1[N+](=O)[O-]. The Labute approximate surface area is 173 Å². The van der Waals surface area contributed by atoms with Gasteiger partial charge in [0.2, 0.25) is 0 Å². The molecule has 0 aromatic heterocycles. The molecule has 1 heterocycles. The molecule has 2 aromatic rings. The summed E-state index contributed by atoms with van der Waals surface area (Å²) in [6.07, 6.45) is 2.58. The maximum atomic E-state index is 12.9. The molecule has 1 amide bonds. The van der Waals surface area contributed by atoms with Crippen LogP contribution in [0.3, 0.4) is 0 Å². The summed E-state index contributed by atoms with van der Waals surface area (Å²) in [7, 11) is 0. The van der Waals surface area contributed by atoms with E-state index >= 15 is 0 Å². The van der Waals surface area contributed by atoms with Gasteiger partial charge in [-0.1, -0.05) is 19.9 Å². The van der Waals surface area contributed by atoms with Gasteiger partial charge in [0.05, 0.1) is 29.1 Å². The van der Waals surface area contributed by atoms with E-state index in [4.69, 9.17) is 9.47 Å². The summed E-state index contributed by atoms with van der Waals surface area (Å²) in [6.45, 7) is 5.21. The molecule has 0 unspecified atom stereocenters. The topological polar surface area (TPSA) is 90.7 Å². The third-order valence-corrected chi connectivity index (χ3v) is 5.51. The zero-order chi connectivity index (χ0) is 21.0. The summed E-state index contributed by atoms with van der Waals surface area (Å²) in [5, 5.41) is 14.3. The van der Waals surface area contributed by atoms with Gasteiger partial charge in [0, 0.05) is 18.1 Å². The van der Waals surface area contributed by atoms with Crippen LogP contribution < -0.4 is 14.8 Å². The number of carbonyl (C=O) groups is 1. The van der Waals surface area contributed by atoms with E-state index in [1.54, 1.807) is 18.4 Å². The van der Waals surface area contributed by atoms with Crippen LogP contribution in [0.1, 0.15) is 42.2 Å². The van der Waals surface area contributed by atoms with Crippen LogP contribution in [-0.2, 0) is 0 Å². The highest BCUT2D eigenvalue weighted by Gasteiger charge is 2.23. The Balaban J connectivity index is 1.86. The highest BCUT2D eigenvalue weighted by molar-refractivity contribution is 7.98. The first kappa shape index (κ1) is 21.0. The Morgan fingerprint density at radius 2 is 1.86 bits per heavy atom. The van der Waals surface area contributed by atoms with Crippen molar-refractivity contribution in [3.05, 3.63) is 57.6 Å². The zero-order valence-electron chi connectivity index (χ0n) is 16.6. The predicted molar refractivity (Wildman–Crippen MR) is 112 cm³/mol. The fourth-order valence-corrected chi connectivity index (χ4v) is 3.75. The first-order valence-electron chi connectivity index (χ1n) is 9.43. The highest BCUT2D eigenvalue weighted by atomic mass is 32.2. The molecule has 0 fully saturated rings. The Hall–Kier alpha value is -2.74. The number of benzene rings is 2. The smallest absolute Gasteiger partial charge is 0.283 e. The van der Waals surface area contributed by atoms with Crippen LogP contribution in [-0.4, -0.2) is 30.3 Å². The van der Waals surface area contributed by atoms with E-state index in [-0.39, 0.29) is 29.1 Å². The molecular formula is C21H24N2O5S. The average Bonchev–Trinajstić information content (AvgIpc) is 2.95. The quantitative estimate of drug-likeness (QED) is 0.420. The fourth-order valence-electron chi connectivity index (χ4n) is 3.21. The molecular weight excluding hydrogens is 392 g/mol. The van der Waals surface area contributed by atoms with Crippen molar-refractivity contribution in [2.45, 2.75) is 31.2 Å². The van der Waals surface area contributed by atoms with Gasteiger partial charge >= 0.3 is 0 Å². The standard InChI is InChI=1S/C21H24N2O5S/c1-13(2)20(14-5-7-17-18(12-14)28-10-4-9-27-17)22-21(24)15-6-8-19(29-3)16(11-15)23(25)26/h5-8,11-13,20H,4,9-10H2,1-3H3,(H,22,24)/t20-/m1/s1. The van der Waals surface area contributed by atoms with Crippen molar-refractivity contribution in [2.24, 2.45) is 5.92 Å². The maximum absolute atomic E-state index is 12.9. The molecule has 3 rings (SSSR count). The molecule has 8 heteroatoms. The van der Waals surface area contributed by atoms with Crippen molar-refractivity contribution in [3.8, 4) is 11.5 Å². The molecule has 154 valence electrons. The van der Waals surface area contributed by atoms with E-state index in [0.29, 0.717) is 29.6 Å². The molecule has 0 spiro atoms. The maximum Gasteiger partial charge on any atom is 0.283 e. The number of nitrogens with one attached hydrogen (secondary N) is 1. The monoisotopic (exact) mass is 416 g/mol. The second-order valence-electron chi connectivity index (χ2n) is 7.10. The number of nitro groups is 1. The minimum Gasteiger partial charge on any atom is -0.490 e. The lowest BCUT2D eigenvalue weighted by Crippen LogP contribution is -2.31.